The maximum atomic E-state index is 13.4. The number of carbonyl (C=O) groups is 2. The Kier molecular flexibility index (Phi) is 6.08. The number of fused-ring (bicyclic) bond motifs is 1. The minimum absolute atomic E-state index is 0.0571. The van der Waals surface area contributed by atoms with Crippen LogP contribution in [0.5, 0.6) is 0 Å². The van der Waals surface area contributed by atoms with Gasteiger partial charge in [0.1, 0.15) is 0 Å². The van der Waals surface area contributed by atoms with Crippen LogP contribution in [0, 0.1) is 0 Å². The molecule has 150 valence electrons. The van der Waals surface area contributed by atoms with Crippen molar-refractivity contribution >= 4 is 34.5 Å². The van der Waals surface area contributed by atoms with Crippen LogP contribution < -0.4 is 5.32 Å². The Morgan fingerprint density at radius 2 is 1.90 bits per heavy atom. The minimum Gasteiger partial charge on any atom is -0.383 e. The number of carbonyl (C=O) groups excluding carboxylic acids is 2. The normalized spacial score (nSPS) is 18.5. The molecule has 0 aliphatic carbocycles. The molecule has 0 bridgehead atoms. The number of hydrogen-bond acceptors (Lipinski definition) is 5. The Labute approximate surface area is 177 Å². The molecule has 0 radical (unpaired) electrons. The monoisotopic (exact) mass is 426 g/mol. The molecule has 0 unspecified atom stereocenters. The second-order valence-electron chi connectivity index (χ2n) is 6.81. The number of benzene rings is 1. The second-order valence-corrected chi connectivity index (χ2v) is 8.83. The summed E-state index contributed by atoms with van der Waals surface area (Å²) in [6, 6.07) is 15.0. The van der Waals surface area contributed by atoms with E-state index >= 15 is 0 Å². The van der Waals surface area contributed by atoms with Gasteiger partial charge in [-0.05, 0) is 34.5 Å². The summed E-state index contributed by atoms with van der Waals surface area (Å²) in [6.07, 6.45) is 0. The van der Waals surface area contributed by atoms with E-state index in [0.29, 0.717) is 25.3 Å². The Balaban J connectivity index is 1.74. The zero-order valence-electron chi connectivity index (χ0n) is 16.0. The molecule has 3 heterocycles. The summed E-state index contributed by atoms with van der Waals surface area (Å²) >= 11 is 3.18. The van der Waals surface area contributed by atoms with Gasteiger partial charge in [0.25, 0.3) is 5.91 Å². The van der Waals surface area contributed by atoms with Gasteiger partial charge in [-0.15, -0.1) is 22.7 Å². The molecule has 0 fully saturated rings. The molecular weight excluding hydrogens is 404 g/mol. The van der Waals surface area contributed by atoms with Crippen molar-refractivity contribution in [1.82, 2.24) is 10.2 Å². The number of methoxy groups -OCH3 is 1. The van der Waals surface area contributed by atoms with Crippen LogP contribution in [0.15, 0.2) is 59.3 Å². The maximum absolute atomic E-state index is 13.4. The van der Waals surface area contributed by atoms with Crippen LogP contribution in [0.3, 0.4) is 0 Å². The van der Waals surface area contributed by atoms with E-state index in [2.05, 4.69) is 5.32 Å². The van der Waals surface area contributed by atoms with Gasteiger partial charge in [-0.1, -0.05) is 30.3 Å². The van der Waals surface area contributed by atoms with Crippen molar-refractivity contribution in [2.45, 2.75) is 18.5 Å². The molecule has 7 heteroatoms. The largest absolute Gasteiger partial charge is 0.383 e. The highest BCUT2D eigenvalue weighted by Crippen LogP contribution is 2.44. The zero-order chi connectivity index (χ0) is 20.2. The fourth-order valence-corrected chi connectivity index (χ4v) is 5.30. The molecule has 0 saturated heterocycles. The van der Waals surface area contributed by atoms with E-state index in [4.69, 9.17) is 4.74 Å². The number of thiophene rings is 2. The third kappa shape index (κ3) is 3.99. The zero-order valence-corrected chi connectivity index (χ0v) is 17.7. The lowest BCUT2D eigenvalue weighted by Crippen LogP contribution is -2.48. The first-order chi connectivity index (χ1) is 14.2. The van der Waals surface area contributed by atoms with E-state index in [0.717, 1.165) is 15.3 Å². The quantitative estimate of drug-likeness (QED) is 0.620. The third-order valence-electron chi connectivity index (χ3n) is 5.11. The van der Waals surface area contributed by atoms with E-state index in [9.17, 15) is 9.59 Å². The van der Waals surface area contributed by atoms with Crippen molar-refractivity contribution in [3.05, 3.63) is 80.2 Å². The first-order valence-electron chi connectivity index (χ1n) is 9.43. The second kappa shape index (κ2) is 8.90. The van der Waals surface area contributed by atoms with Crippen LogP contribution in [-0.4, -0.2) is 37.0 Å². The fourth-order valence-electron chi connectivity index (χ4n) is 3.78. The number of nitrogens with zero attached hydrogens (tertiary/aromatic N) is 1. The lowest BCUT2D eigenvalue weighted by molar-refractivity contribution is -0.124. The summed E-state index contributed by atoms with van der Waals surface area (Å²) in [4.78, 5) is 30.6. The van der Waals surface area contributed by atoms with Crippen molar-refractivity contribution in [2.75, 3.05) is 20.3 Å². The van der Waals surface area contributed by atoms with Crippen molar-refractivity contribution in [3.8, 4) is 0 Å². The molecule has 29 heavy (non-hydrogen) atoms. The first kappa shape index (κ1) is 19.8. The molecule has 5 nitrogen and oxygen atoms in total. The molecule has 2 amide bonds. The first-order valence-corrected chi connectivity index (χ1v) is 11.2. The number of amides is 2. The molecule has 1 aliphatic rings. The average Bonchev–Trinajstić information content (AvgIpc) is 3.45. The van der Waals surface area contributed by atoms with Crippen LogP contribution >= 0.6 is 22.7 Å². The number of nitrogens with one attached hydrogen (secondary N) is 1. The van der Waals surface area contributed by atoms with Crippen molar-refractivity contribution in [3.63, 3.8) is 0 Å². The topological polar surface area (TPSA) is 58.6 Å². The predicted molar refractivity (Wildman–Crippen MR) is 115 cm³/mol. The lowest BCUT2D eigenvalue weighted by Gasteiger charge is -2.41. The molecule has 4 rings (SSSR count). The molecule has 2 atom stereocenters. The van der Waals surface area contributed by atoms with Gasteiger partial charge < -0.3 is 15.0 Å². The van der Waals surface area contributed by atoms with Gasteiger partial charge in [0.05, 0.1) is 25.1 Å². The number of hydrogen-bond donors (Lipinski definition) is 1. The molecule has 2 aromatic heterocycles. The highest BCUT2D eigenvalue weighted by atomic mass is 32.1. The van der Waals surface area contributed by atoms with Crippen LogP contribution in [0.4, 0.5) is 0 Å². The molecule has 1 aliphatic heterocycles. The van der Waals surface area contributed by atoms with Gasteiger partial charge in [-0.2, -0.15) is 0 Å². The molecule has 1 aromatic carbocycles. The van der Waals surface area contributed by atoms with Gasteiger partial charge in [-0.3, -0.25) is 9.59 Å². The summed E-state index contributed by atoms with van der Waals surface area (Å²) in [7, 11) is 1.62. The molecule has 0 saturated carbocycles. The van der Waals surface area contributed by atoms with Gasteiger partial charge in [0, 0.05) is 29.0 Å². The van der Waals surface area contributed by atoms with E-state index in [-0.39, 0.29) is 17.9 Å². The van der Waals surface area contributed by atoms with Crippen LogP contribution in [0.1, 0.15) is 37.6 Å². The Morgan fingerprint density at radius 1 is 1.10 bits per heavy atom. The molecule has 3 aromatic rings. The summed E-state index contributed by atoms with van der Waals surface area (Å²) < 4.78 is 5.25. The van der Waals surface area contributed by atoms with E-state index in [1.165, 1.54) is 0 Å². The Bertz CT molecular complexity index is 970. The highest BCUT2D eigenvalue weighted by molar-refractivity contribution is 7.10. The van der Waals surface area contributed by atoms with Gasteiger partial charge in [0.2, 0.25) is 5.91 Å². The molecule has 1 N–H and O–H groups in total. The van der Waals surface area contributed by atoms with Gasteiger partial charge >= 0.3 is 0 Å². The van der Waals surface area contributed by atoms with Crippen LogP contribution in [0.25, 0.3) is 0 Å². The van der Waals surface area contributed by atoms with E-state index in [1.807, 2.05) is 59.3 Å². The minimum atomic E-state index is -0.473. The number of ether oxygens (including phenoxy) is 1. The summed E-state index contributed by atoms with van der Waals surface area (Å²) in [5.74, 6) is -0.600. The lowest BCUT2D eigenvalue weighted by atomic mass is 9.81. The molecular formula is C22H22N2O3S2. The van der Waals surface area contributed by atoms with Gasteiger partial charge in [-0.25, -0.2) is 0 Å². The third-order valence-corrected chi connectivity index (χ3v) is 6.93. The van der Waals surface area contributed by atoms with E-state index < -0.39 is 5.92 Å². The average molecular weight is 427 g/mol. The van der Waals surface area contributed by atoms with Crippen LogP contribution in [0.2, 0.25) is 0 Å². The van der Waals surface area contributed by atoms with Crippen molar-refractivity contribution < 1.29 is 14.3 Å². The van der Waals surface area contributed by atoms with Gasteiger partial charge in [0.15, 0.2) is 0 Å². The maximum Gasteiger partial charge on any atom is 0.254 e. The van der Waals surface area contributed by atoms with Crippen molar-refractivity contribution in [1.29, 1.82) is 0 Å². The standard InChI is InChI=1S/C22H22N2O3S2/c1-27-11-10-24-20(18-9-5-13-29-18)19(16-7-2-3-8-17(16)22(24)26)21(25)23-14-15-6-4-12-28-15/h2-9,12-13,19-20H,10-11,14H2,1H3,(H,23,25)/t19-,20-/m0/s1. The van der Waals surface area contributed by atoms with Crippen molar-refractivity contribution in [2.24, 2.45) is 0 Å². The van der Waals surface area contributed by atoms with Crippen LogP contribution in [-0.2, 0) is 16.1 Å². The number of rotatable bonds is 7. The van der Waals surface area contributed by atoms with E-state index in [1.54, 1.807) is 34.7 Å². The summed E-state index contributed by atoms with van der Waals surface area (Å²) in [5.41, 5.74) is 1.38. The fraction of sp³-hybridized carbons (Fsp3) is 0.273. The molecule has 0 spiro atoms. The Hall–Kier alpha value is -2.48. The SMILES string of the molecule is COCCN1C(=O)c2ccccc2[C@H](C(=O)NCc2cccs2)[C@@H]1c1cccs1. The summed E-state index contributed by atoms with van der Waals surface area (Å²) in [6.45, 7) is 1.33. The highest BCUT2D eigenvalue weighted by Gasteiger charge is 2.44. The smallest absolute Gasteiger partial charge is 0.254 e. The Morgan fingerprint density at radius 3 is 2.62 bits per heavy atom. The predicted octanol–water partition coefficient (Wildman–Crippen LogP) is 4.05. The summed E-state index contributed by atoms with van der Waals surface area (Å²) in [5, 5.41) is 7.06.